The number of aromatic amines is 1. The fourth-order valence-electron chi connectivity index (χ4n) is 2.88. The third-order valence-corrected chi connectivity index (χ3v) is 5.61. The van der Waals surface area contributed by atoms with Crippen molar-refractivity contribution in [2.45, 2.75) is 13.3 Å². The third-order valence-electron chi connectivity index (χ3n) is 4.30. The van der Waals surface area contributed by atoms with E-state index in [0.717, 1.165) is 59.8 Å². The van der Waals surface area contributed by atoms with Crippen LogP contribution in [0.4, 0.5) is 5.13 Å². The molecular formula is C18H20N6OS2. The Morgan fingerprint density at radius 1 is 1.30 bits per heavy atom. The predicted octanol–water partition coefficient (Wildman–Crippen LogP) is 3.35. The van der Waals surface area contributed by atoms with Gasteiger partial charge in [0, 0.05) is 25.1 Å². The van der Waals surface area contributed by atoms with Crippen LogP contribution >= 0.6 is 23.6 Å². The maximum atomic E-state index is 5.46. The van der Waals surface area contributed by atoms with Gasteiger partial charge in [-0.2, -0.15) is 14.9 Å². The maximum Gasteiger partial charge on any atom is 0.216 e. The van der Waals surface area contributed by atoms with E-state index in [1.165, 1.54) is 0 Å². The van der Waals surface area contributed by atoms with E-state index < -0.39 is 0 Å². The molecule has 140 valence electrons. The monoisotopic (exact) mass is 400 g/mol. The number of hydrogen-bond acceptors (Lipinski definition) is 7. The SMILES string of the molecule is CCc1n[nH]c(=S)n1/N=C\c1sc(N2CCOCC2)nc1-c1ccccc1. The number of H-pyrrole nitrogens is 1. The van der Waals surface area contributed by atoms with Crippen LogP contribution in [0.5, 0.6) is 0 Å². The normalized spacial score (nSPS) is 14.9. The summed E-state index contributed by atoms with van der Waals surface area (Å²) in [6.07, 6.45) is 2.58. The lowest BCUT2D eigenvalue weighted by atomic mass is 10.1. The van der Waals surface area contributed by atoms with Crippen molar-refractivity contribution in [3.05, 3.63) is 45.8 Å². The number of aromatic nitrogens is 4. The lowest BCUT2D eigenvalue weighted by molar-refractivity contribution is 0.122. The van der Waals surface area contributed by atoms with Crippen molar-refractivity contribution in [2.75, 3.05) is 31.2 Å². The molecule has 3 heterocycles. The molecule has 1 aromatic carbocycles. The quantitative estimate of drug-likeness (QED) is 0.525. The summed E-state index contributed by atoms with van der Waals surface area (Å²) in [6, 6.07) is 10.2. The molecule has 1 N–H and O–H groups in total. The van der Waals surface area contributed by atoms with Gasteiger partial charge in [0.15, 0.2) is 11.0 Å². The highest BCUT2D eigenvalue weighted by atomic mass is 32.1. The van der Waals surface area contributed by atoms with Crippen LogP contribution in [0.2, 0.25) is 0 Å². The maximum absolute atomic E-state index is 5.46. The molecule has 0 unspecified atom stereocenters. The van der Waals surface area contributed by atoms with E-state index in [0.29, 0.717) is 4.77 Å². The van der Waals surface area contributed by atoms with Crippen LogP contribution in [-0.2, 0) is 11.2 Å². The van der Waals surface area contributed by atoms with Crippen molar-refractivity contribution >= 4 is 34.9 Å². The molecular weight excluding hydrogens is 380 g/mol. The molecule has 7 nitrogen and oxygen atoms in total. The zero-order chi connectivity index (χ0) is 18.6. The zero-order valence-electron chi connectivity index (χ0n) is 15.0. The first-order valence-corrected chi connectivity index (χ1v) is 10.1. The summed E-state index contributed by atoms with van der Waals surface area (Å²) < 4.78 is 7.61. The second-order valence-corrected chi connectivity index (χ2v) is 7.43. The standard InChI is InChI=1S/C18H20N6OS2/c1-2-15-21-22-17(26)24(15)19-12-14-16(13-6-4-3-5-7-13)20-18(27-14)23-8-10-25-11-9-23/h3-7,12H,2,8-11H2,1H3,(H,22,26)/b19-12-. The van der Waals surface area contributed by atoms with E-state index in [4.69, 9.17) is 21.9 Å². The molecule has 0 saturated carbocycles. The summed E-state index contributed by atoms with van der Waals surface area (Å²) in [5.74, 6) is 0.801. The number of benzene rings is 1. The first-order valence-electron chi connectivity index (χ1n) is 8.86. The van der Waals surface area contributed by atoms with Gasteiger partial charge in [0.1, 0.15) is 0 Å². The number of anilines is 1. The highest BCUT2D eigenvalue weighted by Crippen LogP contribution is 2.32. The fraction of sp³-hybridized carbons (Fsp3) is 0.333. The van der Waals surface area contributed by atoms with Gasteiger partial charge in [0.05, 0.1) is 30.0 Å². The van der Waals surface area contributed by atoms with Crippen molar-refractivity contribution < 1.29 is 4.74 Å². The van der Waals surface area contributed by atoms with Gasteiger partial charge in [0.2, 0.25) is 4.77 Å². The average molecular weight is 401 g/mol. The Morgan fingerprint density at radius 2 is 2.07 bits per heavy atom. The van der Waals surface area contributed by atoms with Gasteiger partial charge in [0.25, 0.3) is 0 Å². The smallest absolute Gasteiger partial charge is 0.216 e. The van der Waals surface area contributed by atoms with E-state index in [9.17, 15) is 0 Å². The lowest BCUT2D eigenvalue weighted by Gasteiger charge is -2.26. The number of aryl methyl sites for hydroxylation is 1. The molecule has 0 spiro atoms. The van der Waals surface area contributed by atoms with Crippen molar-refractivity contribution in [1.29, 1.82) is 0 Å². The van der Waals surface area contributed by atoms with Crippen molar-refractivity contribution in [3.8, 4) is 11.3 Å². The third kappa shape index (κ3) is 3.85. The van der Waals surface area contributed by atoms with E-state index in [1.807, 2.05) is 31.3 Å². The van der Waals surface area contributed by atoms with Crippen LogP contribution in [0.15, 0.2) is 35.4 Å². The Kier molecular flexibility index (Phi) is 5.42. The summed E-state index contributed by atoms with van der Waals surface area (Å²) >= 11 is 6.92. The number of rotatable bonds is 5. The van der Waals surface area contributed by atoms with E-state index in [-0.39, 0.29) is 0 Å². The topological polar surface area (TPSA) is 71.3 Å². The number of nitrogens with one attached hydrogen (secondary N) is 1. The molecule has 0 atom stereocenters. The molecule has 2 aromatic heterocycles. The van der Waals surface area contributed by atoms with Crippen molar-refractivity contribution in [2.24, 2.45) is 5.10 Å². The highest BCUT2D eigenvalue weighted by Gasteiger charge is 2.19. The molecule has 1 aliphatic rings. The molecule has 0 aliphatic carbocycles. The van der Waals surface area contributed by atoms with Crippen LogP contribution in [0.1, 0.15) is 17.6 Å². The lowest BCUT2D eigenvalue weighted by Crippen LogP contribution is -2.36. The molecule has 27 heavy (non-hydrogen) atoms. The summed E-state index contributed by atoms with van der Waals surface area (Å²) in [6.45, 7) is 5.19. The number of thiazole rings is 1. The number of nitrogens with zero attached hydrogens (tertiary/aromatic N) is 5. The molecule has 1 aliphatic heterocycles. The highest BCUT2D eigenvalue weighted by molar-refractivity contribution is 7.71. The van der Waals surface area contributed by atoms with Crippen molar-refractivity contribution in [3.63, 3.8) is 0 Å². The fourth-order valence-corrected chi connectivity index (χ4v) is 4.09. The summed E-state index contributed by atoms with van der Waals surface area (Å²) in [7, 11) is 0. The second-order valence-electron chi connectivity index (χ2n) is 6.03. The second kappa shape index (κ2) is 8.12. The van der Waals surface area contributed by atoms with Gasteiger partial charge in [-0.25, -0.2) is 4.98 Å². The molecule has 0 radical (unpaired) electrons. The van der Waals surface area contributed by atoms with Crippen LogP contribution in [-0.4, -0.2) is 52.4 Å². The van der Waals surface area contributed by atoms with Gasteiger partial charge in [-0.3, -0.25) is 5.10 Å². The van der Waals surface area contributed by atoms with Crippen molar-refractivity contribution in [1.82, 2.24) is 19.9 Å². The molecule has 0 amide bonds. The minimum Gasteiger partial charge on any atom is -0.378 e. The van der Waals surface area contributed by atoms with E-state index in [2.05, 4.69) is 32.3 Å². The first kappa shape index (κ1) is 18.0. The van der Waals surface area contributed by atoms with Gasteiger partial charge in [-0.15, -0.1) is 0 Å². The Morgan fingerprint density at radius 3 is 2.81 bits per heavy atom. The average Bonchev–Trinajstić information content (AvgIpc) is 3.31. The van der Waals surface area contributed by atoms with Crippen LogP contribution in [0.25, 0.3) is 11.3 Å². The zero-order valence-corrected chi connectivity index (χ0v) is 16.6. The summed E-state index contributed by atoms with van der Waals surface area (Å²) in [5, 5.41) is 12.6. The van der Waals surface area contributed by atoms with Gasteiger partial charge < -0.3 is 9.64 Å². The minimum atomic E-state index is 0.488. The molecule has 1 fully saturated rings. The van der Waals surface area contributed by atoms with Gasteiger partial charge >= 0.3 is 0 Å². The van der Waals surface area contributed by atoms with E-state index >= 15 is 0 Å². The Bertz CT molecular complexity index is 985. The number of hydrogen-bond donors (Lipinski definition) is 1. The predicted molar refractivity (Wildman–Crippen MR) is 110 cm³/mol. The Balaban J connectivity index is 1.73. The summed E-state index contributed by atoms with van der Waals surface area (Å²) in [4.78, 5) is 8.16. The van der Waals surface area contributed by atoms with Gasteiger partial charge in [-0.1, -0.05) is 48.6 Å². The molecule has 9 heteroatoms. The number of ether oxygens (including phenoxy) is 1. The van der Waals surface area contributed by atoms with E-state index in [1.54, 1.807) is 16.0 Å². The minimum absolute atomic E-state index is 0.488. The largest absolute Gasteiger partial charge is 0.378 e. The summed E-state index contributed by atoms with van der Waals surface area (Å²) in [5.41, 5.74) is 2.00. The van der Waals surface area contributed by atoms with Crippen LogP contribution in [0, 0.1) is 4.77 Å². The number of morpholine rings is 1. The molecule has 3 aromatic rings. The molecule has 4 rings (SSSR count). The van der Waals surface area contributed by atoms with Crippen LogP contribution < -0.4 is 4.90 Å². The molecule has 0 bridgehead atoms. The Labute approximate surface area is 166 Å². The Hall–Kier alpha value is -2.36. The van der Waals surface area contributed by atoms with Crippen LogP contribution in [0.3, 0.4) is 0 Å². The molecule has 1 saturated heterocycles. The van der Waals surface area contributed by atoms with Gasteiger partial charge in [-0.05, 0) is 12.2 Å². The first-order chi connectivity index (χ1) is 13.3.